The number of hydrogen-bond donors (Lipinski definition) is 1. The molecule has 0 atom stereocenters. The summed E-state index contributed by atoms with van der Waals surface area (Å²) in [4.78, 5) is 30.5. The molecule has 0 spiro atoms. The molecule has 2 aromatic heterocycles. The highest BCUT2D eigenvalue weighted by atomic mass is 19.3. The summed E-state index contributed by atoms with van der Waals surface area (Å²) in [5.41, 5.74) is -0.0283. The minimum atomic E-state index is -2.66. The predicted molar refractivity (Wildman–Crippen MR) is 110 cm³/mol. The summed E-state index contributed by atoms with van der Waals surface area (Å²) in [6.45, 7) is 4.15. The Labute approximate surface area is 180 Å². The summed E-state index contributed by atoms with van der Waals surface area (Å²) in [6.07, 6.45) is 5.69. The molecule has 8 nitrogen and oxygen atoms in total. The molecule has 31 heavy (non-hydrogen) atoms. The molecular formula is C21H29F2N5O3. The van der Waals surface area contributed by atoms with Gasteiger partial charge in [-0.3, -0.25) is 9.36 Å². The third kappa shape index (κ3) is 5.83. The number of nitrogens with zero attached hydrogens (tertiary/aromatic N) is 4. The van der Waals surface area contributed by atoms with Crippen LogP contribution in [0.15, 0.2) is 30.7 Å². The lowest BCUT2D eigenvalue weighted by molar-refractivity contribution is 0.0187. The van der Waals surface area contributed by atoms with Crippen LogP contribution in [-0.2, 0) is 11.2 Å². The van der Waals surface area contributed by atoms with Crippen molar-refractivity contribution < 1.29 is 23.1 Å². The largest absolute Gasteiger partial charge is 0.444 e. The fourth-order valence-corrected chi connectivity index (χ4v) is 3.65. The van der Waals surface area contributed by atoms with Gasteiger partial charge in [-0.1, -0.05) is 0 Å². The van der Waals surface area contributed by atoms with Crippen molar-refractivity contribution in [2.45, 2.75) is 58.2 Å². The molecule has 0 aliphatic carbocycles. The van der Waals surface area contributed by atoms with E-state index in [1.165, 1.54) is 12.4 Å². The average molecular weight is 437 g/mol. The second-order valence-corrected chi connectivity index (χ2v) is 8.53. The number of likely N-dealkylation sites (tertiary alicyclic amines) is 1. The first-order valence-corrected chi connectivity index (χ1v) is 10.4. The number of rotatable bonds is 6. The van der Waals surface area contributed by atoms with Gasteiger partial charge in [0.05, 0.1) is 0 Å². The molecule has 10 heteroatoms. The van der Waals surface area contributed by atoms with Crippen molar-refractivity contribution >= 4 is 12.0 Å². The number of carbonyl (C=O) groups is 2. The van der Waals surface area contributed by atoms with Gasteiger partial charge < -0.3 is 19.5 Å². The van der Waals surface area contributed by atoms with Crippen molar-refractivity contribution in [2.24, 2.45) is 0 Å². The van der Waals surface area contributed by atoms with Crippen molar-refractivity contribution in [1.82, 2.24) is 24.3 Å². The number of alkyl halides is 2. The topological polar surface area (TPSA) is 81.4 Å². The molecule has 3 rings (SSSR count). The highest BCUT2D eigenvalue weighted by molar-refractivity contribution is 5.92. The van der Waals surface area contributed by atoms with E-state index in [4.69, 9.17) is 4.74 Å². The van der Waals surface area contributed by atoms with Gasteiger partial charge in [-0.2, -0.15) is 8.78 Å². The van der Waals surface area contributed by atoms with E-state index in [0.29, 0.717) is 31.6 Å². The first kappa shape index (κ1) is 22.8. The van der Waals surface area contributed by atoms with Crippen LogP contribution >= 0.6 is 0 Å². The number of piperidine rings is 1. The van der Waals surface area contributed by atoms with Gasteiger partial charge in [0.1, 0.15) is 17.1 Å². The molecule has 0 saturated carbocycles. The van der Waals surface area contributed by atoms with Crippen molar-refractivity contribution in [2.75, 3.05) is 19.6 Å². The van der Waals surface area contributed by atoms with E-state index in [0.717, 1.165) is 4.57 Å². The molecule has 2 aromatic rings. The van der Waals surface area contributed by atoms with E-state index in [1.54, 1.807) is 17.0 Å². The molecule has 0 radical (unpaired) electrons. The van der Waals surface area contributed by atoms with Gasteiger partial charge in [-0.25, -0.2) is 9.78 Å². The second-order valence-electron chi connectivity index (χ2n) is 8.53. The molecule has 0 aromatic carbocycles. The zero-order valence-corrected chi connectivity index (χ0v) is 18.1. The maximum atomic E-state index is 12.9. The van der Waals surface area contributed by atoms with Crippen LogP contribution in [0.25, 0.3) is 0 Å². The molecule has 2 amide bonds. The molecule has 170 valence electrons. The quantitative estimate of drug-likeness (QED) is 0.748. The first-order valence-electron chi connectivity index (χ1n) is 10.4. The fourth-order valence-electron chi connectivity index (χ4n) is 3.65. The minimum Gasteiger partial charge on any atom is -0.444 e. The third-order valence-electron chi connectivity index (χ3n) is 5.11. The Morgan fingerprint density at radius 3 is 2.61 bits per heavy atom. The van der Waals surface area contributed by atoms with Gasteiger partial charge in [-0.15, -0.1) is 0 Å². The van der Waals surface area contributed by atoms with Gasteiger partial charge in [0.2, 0.25) is 0 Å². The first-order chi connectivity index (χ1) is 14.7. The van der Waals surface area contributed by atoms with E-state index in [-0.39, 0.29) is 36.8 Å². The highest BCUT2D eigenvalue weighted by Gasteiger charge is 2.28. The molecule has 3 heterocycles. The summed E-state index contributed by atoms with van der Waals surface area (Å²) >= 11 is 0. The fraction of sp³-hybridized carbons (Fsp3) is 0.571. The summed E-state index contributed by atoms with van der Waals surface area (Å²) in [5.74, 6) is -0.0464. The van der Waals surface area contributed by atoms with Crippen LogP contribution in [0.5, 0.6) is 0 Å². The Morgan fingerprint density at radius 1 is 1.26 bits per heavy atom. The Balaban J connectivity index is 1.53. The van der Waals surface area contributed by atoms with Crippen molar-refractivity contribution in [3.05, 3.63) is 42.2 Å². The van der Waals surface area contributed by atoms with Gasteiger partial charge in [-0.05, 0) is 45.7 Å². The summed E-state index contributed by atoms with van der Waals surface area (Å²) in [5, 5.41) is 2.78. The minimum absolute atomic E-state index is 0.0900. The number of carbonyl (C=O) groups excluding carboxylic acids is 2. The predicted octanol–water partition coefficient (Wildman–Crippen LogP) is 3.62. The number of ether oxygens (including phenoxy) is 1. The van der Waals surface area contributed by atoms with Crippen LogP contribution in [0, 0.1) is 0 Å². The van der Waals surface area contributed by atoms with Crippen LogP contribution in [0.2, 0.25) is 0 Å². The normalized spacial score (nSPS) is 15.4. The summed E-state index contributed by atoms with van der Waals surface area (Å²) < 4.78 is 33.9. The molecule has 1 aliphatic rings. The van der Waals surface area contributed by atoms with Crippen molar-refractivity contribution in [1.29, 1.82) is 0 Å². The lowest BCUT2D eigenvalue weighted by Crippen LogP contribution is -2.42. The number of amides is 2. The Hall–Kier alpha value is -2.91. The van der Waals surface area contributed by atoms with E-state index in [9.17, 15) is 18.4 Å². The second kappa shape index (κ2) is 9.49. The Morgan fingerprint density at radius 2 is 1.97 bits per heavy atom. The Kier molecular flexibility index (Phi) is 6.97. The van der Waals surface area contributed by atoms with Gasteiger partial charge in [0, 0.05) is 50.7 Å². The number of hydrogen-bond acceptors (Lipinski definition) is 4. The van der Waals surface area contributed by atoms with E-state index >= 15 is 0 Å². The lowest BCUT2D eigenvalue weighted by Gasteiger charge is -2.34. The zero-order valence-electron chi connectivity index (χ0n) is 18.1. The maximum Gasteiger partial charge on any atom is 0.410 e. The lowest BCUT2D eigenvalue weighted by atomic mass is 10.0. The molecule has 0 unspecified atom stereocenters. The summed E-state index contributed by atoms with van der Waals surface area (Å²) in [6, 6.07) is 3.63. The number of nitrogens with one attached hydrogen (secondary N) is 1. The van der Waals surface area contributed by atoms with Gasteiger partial charge >= 0.3 is 12.6 Å². The van der Waals surface area contributed by atoms with Crippen LogP contribution in [0.1, 0.15) is 62.5 Å². The molecular weight excluding hydrogens is 408 g/mol. The highest BCUT2D eigenvalue weighted by Crippen LogP contribution is 2.25. The van der Waals surface area contributed by atoms with E-state index in [2.05, 4.69) is 10.3 Å². The third-order valence-corrected chi connectivity index (χ3v) is 5.11. The number of aromatic nitrogens is 3. The Bertz CT molecular complexity index is 895. The van der Waals surface area contributed by atoms with Crippen LogP contribution in [-0.4, -0.2) is 56.3 Å². The zero-order chi connectivity index (χ0) is 22.6. The number of halogens is 2. The molecule has 1 fully saturated rings. The van der Waals surface area contributed by atoms with Gasteiger partial charge in [0.25, 0.3) is 5.91 Å². The van der Waals surface area contributed by atoms with Crippen LogP contribution < -0.4 is 5.32 Å². The SMILES string of the molecule is CC(C)(C)OC(=O)N1CCC(n2cccc2C(=O)NCCc2nccn2C(F)F)CC1. The van der Waals surface area contributed by atoms with Crippen LogP contribution in [0.3, 0.4) is 0 Å². The monoisotopic (exact) mass is 437 g/mol. The van der Waals surface area contributed by atoms with Crippen LogP contribution in [0.4, 0.5) is 13.6 Å². The smallest absolute Gasteiger partial charge is 0.410 e. The molecule has 0 bridgehead atoms. The van der Waals surface area contributed by atoms with E-state index < -0.39 is 12.2 Å². The molecule has 1 N–H and O–H groups in total. The molecule has 1 aliphatic heterocycles. The summed E-state index contributed by atoms with van der Waals surface area (Å²) in [7, 11) is 0. The van der Waals surface area contributed by atoms with Gasteiger partial charge in [0.15, 0.2) is 0 Å². The standard InChI is InChI=1S/C21H29F2N5O3/c1-21(2,3)31-20(30)26-12-7-15(8-13-26)27-11-4-5-16(27)18(29)25-9-6-17-24-10-14-28(17)19(22)23/h4-5,10-11,14-15,19H,6-9,12-13H2,1-3H3,(H,25,29). The van der Waals surface area contributed by atoms with Crippen molar-refractivity contribution in [3.8, 4) is 0 Å². The van der Waals surface area contributed by atoms with E-state index in [1.807, 2.05) is 31.5 Å². The maximum absolute atomic E-state index is 12.9. The number of imidazole rings is 1. The average Bonchev–Trinajstić information content (AvgIpc) is 3.36. The van der Waals surface area contributed by atoms with Crippen molar-refractivity contribution in [3.63, 3.8) is 0 Å². The molecule has 1 saturated heterocycles.